The normalized spacial score (nSPS) is 17.5. The van der Waals surface area contributed by atoms with Crippen LogP contribution in [0.4, 0.5) is 0 Å². The van der Waals surface area contributed by atoms with E-state index in [4.69, 9.17) is 10.5 Å². The van der Waals surface area contributed by atoms with Gasteiger partial charge in [0.25, 0.3) is 5.91 Å². The lowest BCUT2D eigenvalue weighted by Gasteiger charge is -2.33. The summed E-state index contributed by atoms with van der Waals surface area (Å²) in [5, 5.41) is 2.95. The minimum absolute atomic E-state index is 0.0167. The van der Waals surface area contributed by atoms with Crippen molar-refractivity contribution in [2.24, 2.45) is 11.7 Å². The molecule has 1 aliphatic heterocycles. The number of nitrogens with two attached hydrogens (primary N) is 1. The second-order valence-electron chi connectivity index (χ2n) is 5.49. The molecule has 1 aliphatic rings. The molecule has 1 saturated heterocycles. The number of nitrogens with one attached hydrogen (secondary N) is 1. The molecular weight excluding hydrogens is 274 g/mol. The molecule has 21 heavy (non-hydrogen) atoms. The van der Waals surface area contributed by atoms with Crippen LogP contribution in [0.5, 0.6) is 0 Å². The standard InChI is InChI=1S/C14H25N3O4/c1-4-21-14(20)11(15)13(19)17-7-5-10(6-8-17)16-12(18)9(2)3/h9-11H,4-8,15H2,1-3H3,(H,16,18). The van der Waals surface area contributed by atoms with Crippen LogP contribution in [0.3, 0.4) is 0 Å². The maximum atomic E-state index is 12.1. The molecule has 0 aromatic carbocycles. The smallest absolute Gasteiger partial charge is 0.332 e. The number of nitrogens with zero attached hydrogens (tertiary/aromatic N) is 1. The van der Waals surface area contributed by atoms with Crippen LogP contribution < -0.4 is 11.1 Å². The number of carbonyl (C=O) groups excluding carboxylic acids is 3. The highest BCUT2D eigenvalue weighted by Crippen LogP contribution is 2.12. The number of ether oxygens (including phenoxy) is 1. The van der Waals surface area contributed by atoms with Gasteiger partial charge in [0.2, 0.25) is 5.91 Å². The fourth-order valence-corrected chi connectivity index (χ4v) is 2.14. The topological polar surface area (TPSA) is 102 Å². The number of hydrogen-bond donors (Lipinski definition) is 2. The van der Waals surface area contributed by atoms with Crippen LogP contribution in [-0.2, 0) is 19.1 Å². The zero-order valence-corrected chi connectivity index (χ0v) is 12.9. The van der Waals surface area contributed by atoms with Crippen molar-refractivity contribution in [2.75, 3.05) is 19.7 Å². The molecule has 0 spiro atoms. The van der Waals surface area contributed by atoms with E-state index in [0.717, 1.165) is 0 Å². The summed E-state index contributed by atoms with van der Waals surface area (Å²) in [5.41, 5.74) is 5.60. The predicted octanol–water partition coefficient (Wildman–Crippen LogP) is -0.360. The van der Waals surface area contributed by atoms with Crippen molar-refractivity contribution < 1.29 is 19.1 Å². The lowest BCUT2D eigenvalue weighted by Crippen LogP contribution is -2.53. The fraction of sp³-hybridized carbons (Fsp3) is 0.786. The van der Waals surface area contributed by atoms with Crippen LogP contribution in [0.15, 0.2) is 0 Å². The first-order valence-electron chi connectivity index (χ1n) is 7.38. The number of rotatable bonds is 5. The average Bonchev–Trinajstić information content (AvgIpc) is 2.46. The van der Waals surface area contributed by atoms with E-state index in [1.54, 1.807) is 11.8 Å². The zero-order valence-electron chi connectivity index (χ0n) is 12.9. The van der Waals surface area contributed by atoms with Gasteiger partial charge in [0.15, 0.2) is 6.04 Å². The van der Waals surface area contributed by atoms with Crippen molar-refractivity contribution in [3.05, 3.63) is 0 Å². The van der Waals surface area contributed by atoms with E-state index >= 15 is 0 Å². The first-order valence-corrected chi connectivity index (χ1v) is 7.38. The van der Waals surface area contributed by atoms with Crippen LogP contribution in [0.25, 0.3) is 0 Å². The third kappa shape index (κ3) is 5.00. The summed E-state index contributed by atoms with van der Waals surface area (Å²) in [4.78, 5) is 36.7. The Labute approximate surface area is 125 Å². The highest BCUT2D eigenvalue weighted by atomic mass is 16.5. The molecule has 1 atom stereocenters. The molecule has 1 rings (SSSR count). The van der Waals surface area contributed by atoms with Crippen LogP contribution in [0.2, 0.25) is 0 Å². The molecular formula is C14H25N3O4. The van der Waals surface area contributed by atoms with E-state index in [1.807, 2.05) is 13.8 Å². The van der Waals surface area contributed by atoms with Crippen molar-refractivity contribution >= 4 is 17.8 Å². The highest BCUT2D eigenvalue weighted by Gasteiger charge is 2.31. The summed E-state index contributed by atoms with van der Waals surface area (Å²) in [6.07, 6.45) is 1.33. The fourth-order valence-electron chi connectivity index (χ4n) is 2.14. The lowest BCUT2D eigenvalue weighted by molar-refractivity contribution is -0.151. The predicted molar refractivity (Wildman–Crippen MR) is 77.2 cm³/mol. The Hall–Kier alpha value is -1.63. The van der Waals surface area contributed by atoms with Gasteiger partial charge in [-0.1, -0.05) is 13.8 Å². The largest absolute Gasteiger partial charge is 0.464 e. The Morgan fingerprint density at radius 2 is 1.86 bits per heavy atom. The van der Waals surface area contributed by atoms with Crippen molar-refractivity contribution in [1.29, 1.82) is 0 Å². The summed E-state index contributed by atoms with van der Waals surface area (Å²) in [5.74, 6) is -1.15. The van der Waals surface area contributed by atoms with E-state index < -0.39 is 17.9 Å². The van der Waals surface area contributed by atoms with Crippen LogP contribution in [0, 0.1) is 5.92 Å². The third-order valence-electron chi connectivity index (χ3n) is 3.48. The molecule has 0 bridgehead atoms. The third-order valence-corrected chi connectivity index (χ3v) is 3.48. The minimum Gasteiger partial charge on any atom is -0.464 e. The van der Waals surface area contributed by atoms with Gasteiger partial charge in [0.1, 0.15) is 0 Å². The van der Waals surface area contributed by atoms with Crippen molar-refractivity contribution in [3.8, 4) is 0 Å². The van der Waals surface area contributed by atoms with E-state index in [0.29, 0.717) is 25.9 Å². The Morgan fingerprint density at radius 1 is 1.29 bits per heavy atom. The van der Waals surface area contributed by atoms with Gasteiger partial charge in [-0.3, -0.25) is 9.59 Å². The van der Waals surface area contributed by atoms with E-state index in [1.165, 1.54) is 0 Å². The van der Waals surface area contributed by atoms with E-state index in [9.17, 15) is 14.4 Å². The van der Waals surface area contributed by atoms with Crippen LogP contribution in [0.1, 0.15) is 33.6 Å². The maximum Gasteiger partial charge on any atom is 0.332 e. The quantitative estimate of drug-likeness (QED) is 0.533. The minimum atomic E-state index is -1.26. The molecule has 7 nitrogen and oxygen atoms in total. The number of amides is 2. The van der Waals surface area contributed by atoms with Gasteiger partial charge in [-0.15, -0.1) is 0 Å². The van der Waals surface area contributed by atoms with Crippen LogP contribution in [-0.4, -0.2) is 54.5 Å². The van der Waals surface area contributed by atoms with Gasteiger partial charge < -0.3 is 20.7 Å². The molecule has 3 N–H and O–H groups in total. The lowest BCUT2D eigenvalue weighted by atomic mass is 10.0. The average molecular weight is 299 g/mol. The Morgan fingerprint density at radius 3 is 2.33 bits per heavy atom. The van der Waals surface area contributed by atoms with Crippen LogP contribution >= 0.6 is 0 Å². The number of piperidine rings is 1. The number of carbonyl (C=O) groups is 3. The molecule has 120 valence electrons. The number of likely N-dealkylation sites (tertiary alicyclic amines) is 1. The molecule has 0 aromatic heterocycles. The van der Waals surface area contributed by atoms with Gasteiger partial charge in [-0.2, -0.15) is 0 Å². The molecule has 0 aliphatic carbocycles. The number of hydrogen-bond acceptors (Lipinski definition) is 5. The van der Waals surface area contributed by atoms with Crippen molar-refractivity contribution in [1.82, 2.24) is 10.2 Å². The molecule has 1 unspecified atom stereocenters. The molecule has 1 heterocycles. The first kappa shape index (κ1) is 17.4. The summed E-state index contributed by atoms with van der Waals surface area (Å²) in [6, 6.07) is -1.19. The van der Waals surface area contributed by atoms with Gasteiger partial charge in [0.05, 0.1) is 6.61 Å². The van der Waals surface area contributed by atoms with Gasteiger partial charge in [-0.25, -0.2) is 4.79 Å². The van der Waals surface area contributed by atoms with E-state index in [-0.39, 0.29) is 24.5 Å². The molecule has 7 heteroatoms. The second kappa shape index (κ2) is 7.97. The Balaban J connectivity index is 2.43. The maximum absolute atomic E-state index is 12.1. The van der Waals surface area contributed by atoms with Gasteiger partial charge in [0, 0.05) is 25.0 Å². The summed E-state index contributed by atoms with van der Waals surface area (Å²) in [6.45, 7) is 6.50. The van der Waals surface area contributed by atoms with Gasteiger partial charge >= 0.3 is 5.97 Å². The molecule has 1 fully saturated rings. The molecule has 0 saturated carbocycles. The monoisotopic (exact) mass is 299 g/mol. The van der Waals surface area contributed by atoms with E-state index in [2.05, 4.69) is 5.32 Å². The zero-order chi connectivity index (χ0) is 16.0. The molecule has 2 amide bonds. The summed E-state index contributed by atoms with van der Waals surface area (Å²) < 4.78 is 4.75. The SMILES string of the molecule is CCOC(=O)C(N)C(=O)N1CCC(NC(=O)C(C)C)CC1. The Kier molecular flexibility index (Phi) is 6.61. The summed E-state index contributed by atoms with van der Waals surface area (Å²) >= 11 is 0. The number of esters is 1. The van der Waals surface area contributed by atoms with Gasteiger partial charge in [-0.05, 0) is 19.8 Å². The van der Waals surface area contributed by atoms with Crippen molar-refractivity contribution in [3.63, 3.8) is 0 Å². The highest BCUT2D eigenvalue weighted by molar-refractivity contribution is 6.01. The van der Waals surface area contributed by atoms with Crippen molar-refractivity contribution in [2.45, 2.75) is 45.7 Å². The second-order valence-corrected chi connectivity index (χ2v) is 5.49. The molecule has 0 radical (unpaired) electrons. The Bertz CT molecular complexity index is 390. The molecule has 0 aromatic rings. The summed E-state index contributed by atoms with van der Waals surface area (Å²) in [7, 11) is 0. The first-order chi connectivity index (χ1) is 9.86.